The van der Waals surface area contributed by atoms with Crippen molar-refractivity contribution >= 4 is 5.97 Å². The summed E-state index contributed by atoms with van der Waals surface area (Å²) in [5.74, 6) is -3.89. The Balaban J connectivity index is 2.08. The number of halogens is 2. The largest absolute Gasteiger partial charge is 0.477 e. The van der Waals surface area contributed by atoms with E-state index in [1.54, 1.807) is 18.2 Å². The standard InChI is InChI=1S/C18H11F2NO2/c19-13-9-12(10-14(20)17(13)18(22)23)16-8-4-7-15(21-16)11-5-2-1-3-6-11/h1-10H,(H,22,23). The van der Waals surface area contributed by atoms with Gasteiger partial charge in [-0.1, -0.05) is 36.4 Å². The highest BCUT2D eigenvalue weighted by atomic mass is 19.1. The minimum atomic E-state index is -1.64. The zero-order valence-electron chi connectivity index (χ0n) is 11.8. The average molecular weight is 311 g/mol. The van der Waals surface area contributed by atoms with Crippen LogP contribution < -0.4 is 0 Å². The van der Waals surface area contributed by atoms with Gasteiger partial charge in [-0.05, 0) is 24.3 Å². The highest BCUT2D eigenvalue weighted by Crippen LogP contribution is 2.25. The van der Waals surface area contributed by atoms with Gasteiger partial charge in [0.05, 0.1) is 11.4 Å². The van der Waals surface area contributed by atoms with Gasteiger partial charge in [0.1, 0.15) is 17.2 Å². The molecule has 0 amide bonds. The summed E-state index contributed by atoms with van der Waals surface area (Å²) in [4.78, 5) is 15.2. The van der Waals surface area contributed by atoms with Gasteiger partial charge >= 0.3 is 5.97 Å². The molecular formula is C18H11F2NO2. The van der Waals surface area contributed by atoms with Crippen molar-refractivity contribution in [2.45, 2.75) is 0 Å². The van der Waals surface area contributed by atoms with E-state index >= 15 is 0 Å². The fourth-order valence-corrected chi connectivity index (χ4v) is 2.29. The summed E-state index contributed by atoms with van der Waals surface area (Å²) in [6, 6.07) is 16.4. The van der Waals surface area contributed by atoms with Crippen molar-refractivity contribution in [3.05, 3.63) is 77.9 Å². The molecule has 3 nitrogen and oxygen atoms in total. The van der Waals surface area contributed by atoms with E-state index in [2.05, 4.69) is 4.98 Å². The number of benzene rings is 2. The van der Waals surface area contributed by atoms with Crippen molar-refractivity contribution < 1.29 is 18.7 Å². The van der Waals surface area contributed by atoms with Crippen LogP contribution in [0.25, 0.3) is 22.5 Å². The molecule has 23 heavy (non-hydrogen) atoms. The van der Waals surface area contributed by atoms with Crippen molar-refractivity contribution in [1.29, 1.82) is 0 Å². The summed E-state index contributed by atoms with van der Waals surface area (Å²) in [7, 11) is 0. The zero-order chi connectivity index (χ0) is 16.4. The second-order valence-electron chi connectivity index (χ2n) is 4.89. The van der Waals surface area contributed by atoms with E-state index in [0.717, 1.165) is 17.7 Å². The summed E-state index contributed by atoms with van der Waals surface area (Å²) in [6.45, 7) is 0. The highest BCUT2D eigenvalue weighted by molar-refractivity contribution is 5.89. The number of hydrogen-bond acceptors (Lipinski definition) is 2. The molecular weight excluding hydrogens is 300 g/mol. The summed E-state index contributed by atoms with van der Waals surface area (Å²) in [5, 5.41) is 8.81. The van der Waals surface area contributed by atoms with Gasteiger partial charge in [0, 0.05) is 11.1 Å². The van der Waals surface area contributed by atoms with Crippen LogP contribution >= 0.6 is 0 Å². The van der Waals surface area contributed by atoms with Crippen molar-refractivity contribution in [1.82, 2.24) is 4.98 Å². The second-order valence-corrected chi connectivity index (χ2v) is 4.89. The maximum atomic E-state index is 13.8. The normalized spacial score (nSPS) is 10.5. The Morgan fingerprint density at radius 1 is 0.826 bits per heavy atom. The maximum absolute atomic E-state index is 13.8. The first-order valence-electron chi connectivity index (χ1n) is 6.81. The molecule has 0 aliphatic rings. The minimum Gasteiger partial charge on any atom is -0.477 e. The SMILES string of the molecule is O=C(O)c1c(F)cc(-c2cccc(-c3ccccc3)n2)cc1F. The lowest BCUT2D eigenvalue weighted by Crippen LogP contribution is -2.05. The molecule has 0 spiro atoms. The van der Waals surface area contributed by atoms with Crippen LogP contribution in [0, 0.1) is 11.6 Å². The Hall–Kier alpha value is -3.08. The fourth-order valence-electron chi connectivity index (χ4n) is 2.29. The number of hydrogen-bond donors (Lipinski definition) is 1. The van der Waals surface area contributed by atoms with Crippen LogP contribution in [-0.4, -0.2) is 16.1 Å². The first-order chi connectivity index (χ1) is 11.1. The maximum Gasteiger partial charge on any atom is 0.341 e. The van der Waals surface area contributed by atoms with E-state index in [9.17, 15) is 13.6 Å². The monoisotopic (exact) mass is 311 g/mol. The van der Waals surface area contributed by atoms with Gasteiger partial charge in [-0.3, -0.25) is 0 Å². The molecule has 3 rings (SSSR count). The first kappa shape index (κ1) is 14.8. The smallest absolute Gasteiger partial charge is 0.341 e. The second kappa shape index (κ2) is 5.96. The van der Waals surface area contributed by atoms with Crippen LogP contribution in [0.1, 0.15) is 10.4 Å². The molecule has 1 aromatic heterocycles. The van der Waals surface area contributed by atoms with Crippen molar-refractivity contribution in [2.75, 3.05) is 0 Å². The van der Waals surface area contributed by atoms with Gasteiger partial charge < -0.3 is 5.11 Å². The minimum absolute atomic E-state index is 0.183. The molecule has 3 aromatic rings. The van der Waals surface area contributed by atoms with Gasteiger partial charge in [-0.15, -0.1) is 0 Å². The van der Waals surface area contributed by atoms with Crippen molar-refractivity contribution in [3.63, 3.8) is 0 Å². The lowest BCUT2D eigenvalue weighted by molar-refractivity contribution is 0.0686. The van der Waals surface area contributed by atoms with Crippen LogP contribution in [0.5, 0.6) is 0 Å². The molecule has 0 fully saturated rings. The number of aromatic nitrogens is 1. The molecule has 0 aliphatic heterocycles. The predicted octanol–water partition coefficient (Wildman–Crippen LogP) is 4.39. The van der Waals surface area contributed by atoms with Gasteiger partial charge in [0.25, 0.3) is 0 Å². The van der Waals surface area contributed by atoms with Crippen molar-refractivity contribution in [3.8, 4) is 22.5 Å². The number of aromatic carboxylic acids is 1. The van der Waals surface area contributed by atoms with Gasteiger partial charge in [-0.2, -0.15) is 0 Å². The zero-order valence-corrected chi connectivity index (χ0v) is 11.8. The summed E-state index contributed by atoms with van der Waals surface area (Å²) < 4.78 is 27.6. The number of rotatable bonds is 3. The lowest BCUT2D eigenvalue weighted by atomic mass is 10.1. The summed E-state index contributed by atoms with van der Waals surface area (Å²) in [6.07, 6.45) is 0. The Morgan fingerprint density at radius 3 is 1.96 bits per heavy atom. The summed E-state index contributed by atoms with van der Waals surface area (Å²) in [5.41, 5.74) is 1.11. The molecule has 0 aliphatic carbocycles. The predicted molar refractivity (Wildman–Crippen MR) is 82.0 cm³/mol. The van der Waals surface area contributed by atoms with E-state index in [1.165, 1.54) is 0 Å². The highest BCUT2D eigenvalue weighted by Gasteiger charge is 2.18. The van der Waals surface area contributed by atoms with Crippen molar-refractivity contribution in [2.24, 2.45) is 0 Å². The molecule has 0 atom stereocenters. The molecule has 1 N–H and O–H groups in total. The van der Waals surface area contributed by atoms with E-state index < -0.39 is 23.2 Å². The Bertz CT molecular complexity index is 856. The van der Waals surface area contributed by atoms with Gasteiger partial charge in [-0.25, -0.2) is 18.6 Å². The van der Waals surface area contributed by atoms with Gasteiger partial charge in [0.15, 0.2) is 0 Å². The van der Waals surface area contributed by atoms with Crippen LogP contribution in [0.4, 0.5) is 8.78 Å². The van der Waals surface area contributed by atoms with Crippen LogP contribution in [0.3, 0.4) is 0 Å². The molecule has 0 saturated carbocycles. The molecule has 1 heterocycles. The number of pyridine rings is 1. The number of carboxylic acid groups (broad SMARTS) is 1. The summed E-state index contributed by atoms with van der Waals surface area (Å²) >= 11 is 0. The number of carboxylic acids is 1. The Labute approximate surface area is 130 Å². The molecule has 0 bridgehead atoms. The molecule has 0 radical (unpaired) electrons. The third-order valence-electron chi connectivity index (χ3n) is 3.37. The van der Waals surface area contributed by atoms with Crippen LogP contribution in [0.15, 0.2) is 60.7 Å². The molecule has 5 heteroatoms. The van der Waals surface area contributed by atoms with E-state index in [-0.39, 0.29) is 5.56 Å². The third-order valence-corrected chi connectivity index (χ3v) is 3.37. The Kier molecular flexibility index (Phi) is 3.85. The fraction of sp³-hybridized carbons (Fsp3) is 0. The molecule has 2 aromatic carbocycles. The van der Waals surface area contributed by atoms with E-state index in [1.807, 2.05) is 30.3 Å². The topological polar surface area (TPSA) is 50.2 Å². The first-order valence-corrected chi connectivity index (χ1v) is 6.81. The lowest BCUT2D eigenvalue weighted by Gasteiger charge is -2.07. The van der Waals surface area contributed by atoms with E-state index in [4.69, 9.17) is 5.11 Å². The molecule has 0 unspecified atom stereocenters. The number of carbonyl (C=O) groups is 1. The van der Waals surface area contributed by atoms with E-state index in [0.29, 0.717) is 11.4 Å². The molecule has 0 saturated heterocycles. The van der Waals surface area contributed by atoms with Crippen LogP contribution in [0.2, 0.25) is 0 Å². The quantitative estimate of drug-likeness (QED) is 0.780. The van der Waals surface area contributed by atoms with Gasteiger partial charge in [0.2, 0.25) is 0 Å². The number of nitrogens with zero attached hydrogens (tertiary/aromatic N) is 1. The van der Waals surface area contributed by atoms with Crippen LogP contribution in [-0.2, 0) is 0 Å². The molecule has 114 valence electrons. The third kappa shape index (κ3) is 2.94. The Morgan fingerprint density at radius 2 is 1.39 bits per heavy atom. The average Bonchev–Trinajstić information content (AvgIpc) is 2.55.